The quantitative estimate of drug-likeness (QED) is 0.818. The molecule has 18 heavy (non-hydrogen) atoms. The first-order chi connectivity index (χ1) is 8.61. The molecule has 0 spiro atoms. The summed E-state index contributed by atoms with van der Waals surface area (Å²) in [6, 6.07) is 15.1. The van der Waals surface area contributed by atoms with Gasteiger partial charge in [-0.05, 0) is 37.2 Å². The first-order valence-corrected chi connectivity index (χ1v) is 7.39. The molecule has 0 bridgehead atoms. The molecule has 2 rings (SSSR count). The van der Waals surface area contributed by atoms with Crippen molar-refractivity contribution in [3.8, 4) is 0 Å². The molecule has 0 aliphatic carbocycles. The molecule has 0 saturated carbocycles. The van der Waals surface area contributed by atoms with Crippen LogP contribution in [0.25, 0.3) is 0 Å². The second kappa shape index (κ2) is 6.00. The van der Waals surface area contributed by atoms with Crippen LogP contribution in [0.15, 0.2) is 51.4 Å². The number of hydrogen-bond donors (Lipinski definition) is 1. The average molecular weight is 369 g/mol. The number of rotatable bonds is 3. The summed E-state index contributed by atoms with van der Waals surface area (Å²) in [5, 5.41) is 3.38. The van der Waals surface area contributed by atoms with E-state index in [1.807, 2.05) is 7.05 Å². The molecule has 2 aromatic carbocycles. The fourth-order valence-electron chi connectivity index (χ4n) is 2.09. The molecule has 1 unspecified atom stereocenters. The van der Waals surface area contributed by atoms with Crippen molar-refractivity contribution in [1.29, 1.82) is 0 Å². The maximum Gasteiger partial charge on any atom is 0.0585 e. The van der Waals surface area contributed by atoms with E-state index >= 15 is 0 Å². The van der Waals surface area contributed by atoms with Gasteiger partial charge in [-0.1, -0.05) is 67.8 Å². The van der Waals surface area contributed by atoms with Gasteiger partial charge in [-0.3, -0.25) is 0 Å². The third-order valence-corrected chi connectivity index (χ3v) is 4.12. The van der Waals surface area contributed by atoms with Gasteiger partial charge < -0.3 is 5.32 Å². The van der Waals surface area contributed by atoms with Gasteiger partial charge in [0.25, 0.3) is 0 Å². The molecule has 0 aromatic heterocycles. The van der Waals surface area contributed by atoms with Crippen molar-refractivity contribution in [2.75, 3.05) is 7.05 Å². The minimum Gasteiger partial charge on any atom is -0.309 e. The van der Waals surface area contributed by atoms with Gasteiger partial charge in [0.1, 0.15) is 0 Å². The van der Waals surface area contributed by atoms with Gasteiger partial charge in [0.05, 0.1) is 6.04 Å². The summed E-state index contributed by atoms with van der Waals surface area (Å²) < 4.78 is 2.19. The van der Waals surface area contributed by atoms with E-state index in [0.717, 1.165) is 8.95 Å². The van der Waals surface area contributed by atoms with E-state index < -0.39 is 0 Å². The Morgan fingerprint density at radius 3 is 2.44 bits per heavy atom. The van der Waals surface area contributed by atoms with Gasteiger partial charge in [-0.25, -0.2) is 0 Å². The summed E-state index contributed by atoms with van der Waals surface area (Å²) in [4.78, 5) is 0. The first kappa shape index (κ1) is 13.8. The lowest BCUT2D eigenvalue weighted by Crippen LogP contribution is -2.18. The van der Waals surface area contributed by atoms with E-state index in [9.17, 15) is 0 Å². The van der Waals surface area contributed by atoms with E-state index in [-0.39, 0.29) is 6.04 Å². The van der Waals surface area contributed by atoms with Crippen LogP contribution in [-0.2, 0) is 0 Å². The maximum atomic E-state index is 3.63. The van der Waals surface area contributed by atoms with Crippen LogP contribution in [0, 0.1) is 6.92 Å². The molecule has 3 heteroatoms. The minimum absolute atomic E-state index is 0.201. The van der Waals surface area contributed by atoms with Gasteiger partial charge in [0, 0.05) is 8.95 Å². The monoisotopic (exact) mass is 367 g/mol. The van der Waals surface area contributed by atoms with E-state index in [2.05, 4.69) is 86.6 Å². The highest BCUT2D eigenvalue weighted by Gasteiger charge is 2.14. The molecule has 0 heterocycles. The van der Waals surface area contributed by atoms with Crippen LogP contribution in [-0.4, -0.2) is 7.05 Å². The van der Waals surface area contributed by atoms with Crippen LogP contribution in [0.2, 0.25) is 0 Å². The molecular formula is C15H15Br2N. The van der Waals surface area contributed by atoms with Crippen molar-refractivity contribution in [2.45, 2.75) is 13.0 Å². The fraction of sp³-hybridized carbons (Fsp3) is 0.200. The summed E-state index contributed by atoms with van der Waals surface area (Å²) in [6.45, 7) is 2.12. The molecule has 0 saturated heterocycles. The van der Waals surface area contributed by atoms with Crippen LogP contribution < -0.4 is 5.32 Å². The number of aryl methyl sites for hydroxylation is 1. The minimum atomic E-state index is 0.201. The van der Waals surface area contributed by atoms with E-state index in [1.165, 1.54) is 16.7 Å². The largest absolute Gasteiger partial charge is 0.309 e. The van der Waals surface area contributed by atoms with Gasteiger partial charge in [-0.2, -0.15) is 0 Å². The Bertz CT molecular complexity index is 552. The number of benzene rings is 2. The van der Waals surface area contributed by atoms with Crippen LogP contribution >= 0.6 is 31.9 Å². The molecule has 1 nitrogen and oxygen atoms in total. The van der Waals surface area contributed by atoms with Crippen molar-refractivity contribution in [2.24, 2.45) is 0 Å². The van der Waals surface area contributed by atoms with E-state index in [4.69, 9.17) is 0 Å². The number of nitrogens with one attached hydrogen (secondary N) is 1. The summed E-state index contributed by atoms with van der Waals surface area (Å²) in [6.07, 6.45) is 0. The lowest BCUT2D eigenvalue weighted by Gasteiger charge is -2.19. The molecule has 0 fully saturated rings. The maximum absolute atomic E-state index is 3.63. The molecule has 0 aliphatic rings. The highest BCUT2D eigenvalue weighted by Crippen LogP contribution is 2.30. The Kier molecular flexibility index (Phi) is 4.60. The van der Waals surface area contributed by atoms with Crippen molar-refractivity contribution in [1.82, 2.24) is 5.32 Å². The Morgan fingerprint density at radius 1 is 1.06 bits per heavy atom. The number of halogens is 2. The predicted molar refractivity (Wildman–Crippen MR) is 83.9 cm³/mol. The predicted octanol–water partition coefficient (Wildman–Crippen LogP) is 4.83. The highest BCUT2D eigenvalue weighted by atomic mass is 79.9. The second-order valence-corrected chi connectivity index (χ2v) is 6.07. The summed E-state index contributed by atoms with van der Waals surface area (Å²) in [5.41, 5.74) is 3.80. The van der Waals surface area contributed by atoms with Crippen LogP contribution in [0.5, 0.6) is 0 Å². The summed E-state index contributed by atoms with van der Waals surface area (Å²) in [7, 11) is 1.99. The van der Waals surface area contributed by atoms with Crippen LogP contribution in [0.4, 0.5) is 0 Å². The normalized spacial score (nSPS) is 12.4. The first-order valence-electron chi connectivity index (χ1n) is 5.80. The molecular weight excluding hydrogens is 354 g/mol. The molecule has 0 amide bonds. The van der Waals surface area contributed by atoms with Gasteiger partial charge >= 0.3 is 0 Å². The van der Waals surface area contributed by atoms with Gasteiger partial charge in [-0.15, -0.1) is 0 Å². The second-order valence-electron chi connectivity index (χ2n) is 4.30. The molecule has 2 aromatic rings. The summed E-state index contributed by atoms with van der Waals surface area (Å²) in [5.74, 6) is 0. The van der Waals surface area contributed by atoms with Crippen molar-refractivity contribution in [3.05, 3.63) is 68.1 Å². The lowest BCUT2D eigenvalue weighted by atomic mass is 9.97. The lowest BCUT2D eigenvalue weighted by molar-refractivity contribution is 0.688. The van der Waals surface area contributed by atoms with Crippen molar-refractivity contribution < 1.29 is 0 Å². The SMILES string of the molecule is CNC(c1cccc(C)c1)c1ccc(Br)cc1Br. The van der Waals surface area contributed by atoms with Gasteiger partial charge in [0.2, 0.25) is 0 Å². The zero-order chi connectivity index (χ0) is 13.1. The number of hydrogen-bond acceptors (Lipinski definition) is 1. The van der Waals surface area contributed by atoms with Crippen molar-refractivity contribution >= 4 is 31.9 Å². The Morgan fingerprint density at radius 2 is 1.83 bits per heavy atom. The van der Waals surface area contributed by atoms with Gasteiger partial charge in [0.15, 0.2) is 0 Å². The Balaban J connectivity index is 2.45. The zero-order valence-corrected chi connectivity index (χ0v) is 13.5. The smallest absolute Gasteiger partial charge is 0.0585 e. The molecule has 0 aliphatic heterocycles. The third-order valence-electron chi connectivity index (χ3n) is 2.94. The average Bonchev–Trinajstić information content (AvgIpc) is 2.33. The topological polar surface area (TPSA) is 12.0 Å². The highest BCUT2D eigenvalue weighted by molar-refractivity contribution is 9.11. The molecule has 94 valence electrons. The van der Waals surface area contributed by atoms with E-state index in [0.29, 0.717) is 0 Å². The molecule has 0 radical (unpaired) electrons. The van der Waals surface area contributed by atoms with E-state index in [1.54, 1.807) is 0 Å². The van der Waals surface area contributed by atoms with Crippen LogP contribution in [0.3, 0.4) is 0 Å². The van der Waals surface area contributed by atoms with Crippen molar-refractivity contribution in [3.63, 3.8) is 0 Å². The standard InChI is InChI=1S/C15H15Br2N/c1-10-4-3-5-11(8-10)15(18-2)13-7-6-12(16)9-14(13)17/h3-9,15,18H,1-2H3. The zero-order valence-electron chi connectivity index (χ0n) is 10.4. The summed E-state index contributed by atoms with van der Waals surface area (Å²) >= 11 is 7.12. The Hall–Kier alpha value is -0.640. The molecule has 1 atom stereocenters. The molecule has 1 N–H and O–H groups in total. The third kappa shape index (κ3) is 3.02. The van der Waals surface area contributed by atoms with Crippen LogP contribution in [0.1, 0.15) is 22.7 Å². The fourth-order valence-corrected chi connectivity index (χ4v) is 3.36. The Labute approximate surface area is 125 Å².